The van der Waals surface area contributed by atoms with Crippen LogP contribution in [-0.2, 0) is 4.84 Å². The molecule has 8 heteroatoms. The van der Waals surface area contributed by atoms with E-state index in [9.17, 15) is 13.6 Å². The van der Waals surface area contributed by atoms with E-state index >= 15 is 0 Å². The first-order chi connectivity index (χ1) is 11.4. The smallest absolute Gasteiger partial charge is 0.277 e. The van der Waals surface area contributed by atoms with Crippen molar-refractivity contribution in [3.63, 3.8) is 0 Å². The number of nitrogens with one attached hydrogen (secondary N) is 2. The monoisotopic (exact) mass is 333 g/mol. The number of nitrogens with zero attached hydrogens (tertiary/aromatic N) is 1. The minimum Gasteiger partial charge on any atom is -0.337 e. The number of carbonyl (C=O) groups excluding carboxylic acids is 1. The molecule has 0 unspecified atom stereocenters. The predicted molar refractivity (Wildman–Crippen MR) is 90.6 cm³/mol. The van der Waals surface area contributed by atoms with Crippen LogP contribution in [0.15, 0.2) is 18.3 Å². The minimum absolute atomic E-state index is 0.0817. The van der Waals surface area contributed by atoms with Crippen LogP contribution < -0.4 is 16.3 Å². The maximum absolute atomic E-state index is 14.3. The zero-order chi connectivity index (χ0) is 17.9. The van der Waals surface area contributed by atoms with Gasteiger partial charge in [0.1, 0.15) is 13.7 Å². The summed E-state index contributed by atoms with van der Waals surface area (Å²) >= 11 is 0. The van der Waals surface area contributed by atoms with Gasteiger partial charge in [0.15, 0.2) is 11.6 Å². The third-order valence-electron chi connectivity index (χ3n) is 3.79. The second-order valence-electron chi connectivity index (χ2n) is 5.31. The Morgan fingerprint density at radius 3 is 2.67 bits per heavy atom. The Morgan fingerprint density at radius 1 is 1.29 bits per heavy atom. The molecule has 0 aliphatic rings. The Balaban J connectivity index is 2.47. The molecule has 0 bridgehead atoms. The number of benzene rings is 1. The molecule has 2 aromatic rings. The van der Waals surface area contributed by atoms with Crippen molar-refractivity contribution in [1.82, 2.24) is 10.5 Å². The Kier molecular flexibility index (Phi) is 5.51. The molecule has 0 saturated heterocycles. The fraction of sp³-hybridized carbons (Fsp3) is 0.250. The summed E-state index contributed by atoms with van der Waals surface area (Å²) in [5, 5.41) is 2.73. The SMILES string of the molecule is Bc1cnc(Nc2c(C(=O)NOCC)ccc(F)c2F)c(C)c1C. The van der Waals surface area contributed by atoms with Crippen molar-refractivity contribution in [1.29, 1.82) is 0 Å². The van der Waals surface area contributed by atoms with Gasteiger partial charge in [0.2, 0.25) is 0 Å². The highest BCUT2D eigenvalue weighted by Gasteiger charge is 2.20. The molecule has 0 saturated carbocycles. The number of aromatic nitrogens is 1. The summed E-state index contributed by atoms with van der Waals surface area (Å²) in [7, 11) is 1.91. The molecule has 0 fully saturated rings. The number of hydroxylamine groups is 1. The van der Waals surface area contributed by atoms with Crippen LogP contribution in [-0.4, -0.2) is 25.3 Å². The lowest BCUT2D eigenvalue weighted by Gasteiger charge is -2.16. The van der Waals surface area contributed by atoms with Crippen LogP contribution in [0.3, 0.4) is 0 Å². The van der Waals surface area contributed by atoms with Gasteiger partial charge >= 0.3 is 0 Å². The van der Waals surface area contributed by atoms with E-state index < -0.39 is 17.5 Å². The standard InChI is InChI=1S/C16H18BF2N3O2/c1-4-24-22-16(23)10-5-6-12(18)13(19)14(10)21-15-9(3)8(2)11(17)7-20-15/h5-7H,4,17H2,1-3H3,(H,20,21)(H,22,23). The molecule has 0 spiro atoms. The van der Waals surface area contributed by atoms with Crippen molar-refractivity contribution in [3.05, 3.63) is 46.7 Å². The number of carbonyl (C=O) groups is 1. The summed E-state index contributed by atoms with van der Waals surface area (Å²) in [5.41, 5.74) is 4.54. The highest BCUT2D eigenvalue weighted by Crippen LogP contribution is 2.27. The quantitative estimate of drug-likeness (QED) is 0.645. The van der Waals surface area contributed by atoms with E-state index in [0.717, 1.165) is 22.7 Å². The molecule has 0 radical (unpaired) electrons. The summed E-state index contributed by atoms with van der Waals surface area (Å²) < 4.78 is 27.9. The van der Waals surface area contributed by atoms with Crippen molar-refractivity contribution < 1.29 is 18.4 Å². The van der Waals surface area contributed by atoms with E-state index in [2.05, 4.69) is 15.8 Å². The molecule has 1 aromatic heterocycles. The lowest BCUT2D eigenvalue weighted by Crippen LogP contribution is -2.25. The maximum atomic E-state index is 14.3. The second-order valence-corrected chi connectivity index (χ2v) is 5.31. The van der Waals surface area contributed by atoms with Crippen LogP contribution in [0.5, 0.6) is 0 Å². The van der Waals surface area contributed by atoms with Crippen LogP contribution in [0.4, 0.5) is 20.3 Å². The first-order valence-corrected chi connectivity index (χ1v) is 7.46. The number of amides is 1. The van der Waals surface area contributed by atoms with Crippen molar-refractivity contribution in [2.75, 3.05) is 11.9 Å². The third kappa shape index (κ3) is 3.54. The van der Waals surface area contributed by atoms with Crippen molar-refractivity contribution in [3.8, 4) is 0 Å². The lowest BCUT2D eigenvalue weighted by molar-refractivity contribution is 0.0365. The highest BCUT2D eigenvalue weighted by molar-refractivity contribution is 6.33. The number of pyridine rings is 1. The second kappa shape index (κ2) is 7.40. The summed E-state index contributed by atoms with van der Waals surface area (Å²) in [6.07, 6.45) is 1.63. The van der Waals surface area contributed by atoms with Crippen LogP contribution in [0.2, 0.25) is 0 Å². The average Bonchev–Trinajstić information content (AvgIpc) is 2.57. The number of rotatable bonds is 5. The number of halogens is 2. The zero-order valence-corrected chi connectivity index (χ0v) is 14.0. The summed E-state index contributed by atoms with van der Waals surface area (Å²) in [6.45, 7) is 5.65. The molecule has 2 rings (SSSR count). The molecular formula is C16H18BF2N3O2. The molecule has 0 atom stereocenters. The molecule has 24 heavy (non-hydrogen) atoms. The lowest BCUT2D eigenvalue weighted by atomic mass is 9.91. The first-order valence-electron chi connectivity index (χ1n) is 7.46. The Labute approximate surface area is 139 Å². The average molecular weight is 333 g/mol. The van der Waals surface area contributed by atoms with Gasteiger partial charge in [-0.15, -0.1) is 0 Å². The minimum atomic E-state index is -1.15. The Bertz CT molecular complexity index is 784. The fourth-order valence-corrected chi connectivity index (χ4v) is 2.13. The summed E-state index contributed by atoms with van der Waals surface area (Å²) in [5.74, 6) is -2.54. The van der Waals surface area contributed by atoms with E-state index in [1.807, 2.05) is 21.7 Å². The number of anilines is 2. The normalized spacial score (nSPS) is 10.5. The van der Waals surface area contributed by atoms with E-state index in [1.54, 1.807) is 13.1 Å². The van der Waals surface area contributed by atoms with E-state index in [0.29, 0.717) is 5.82 Å². The number of hydrogen-bond donors (Lipinski definition) is 2. The highest BCUT2D eigenvalue weighted by atomic mass is 19.2. The Morgan fingerprint density at radius 2 is 2.00 bits per heavy atom. The summed E-state index contributed by atoms with van der Waals surface area (Å²) in [6, 6.07) is 2.08. The molecule has 126 valence electrons. The molecule has 0 aliphatic heterocycles. The molecule has 0 aliphatic carbocycles. The summed E-state index contributed by atoms with van der Waals surface area (Å²) in [4.78, 5) is 21.1. The van der Waals surface area contributed by atoms with Crippen molar-refractivity contribution in [2.24, 2.45) is 0 Å². The van der Waals surface area contributed by atoms with E-state index in [-0.39, 0.29) is 17.9 Å². The van der Waals surface area contributed by atoms with Crippen LogP contribution in [0.1, 0.15) is 28.4 Å². The van der Waals surface area contributed by atoms with Crippen molar-refractivity contribution in [2.45, 2.75) is 20.8 Å². The van der Waals surface area contributed by atoms with Crippen LogP contribution >= 0.6 is 0 Å². The third-order valence-corrected chi connectivity index (χ3v) is 3.79. The molecule has 1 amide bonds. The van der Waals surface area contributed by atoms with Crippen LogP contribution in [0.25, 0.3) is 0 Å². The van der Waals surface area contributed by atoms with Gasteiger partial charge in [-0.25, -0.2) is 19.2 Å². The largest absolute Gasteiger partial charge is 0.337 e. The van der Waals surface area contributed by atoms with E-state index in [1.165, 1.54) is 6.07 Å². The van der Waals surface area contributed by atoms with Gasteiger partial charge in [0.05, 0.1) is 17.9 Å². The zero-order valence-electron chi connectivity index (χ0n) is 14.0. The van der Waals surface area contributed by atoms with Gasteiger partial charge in [-0.3, -0.25) is 9.63 Å². The molecule has 5 nitrogen and oxygen atoms in total. The maximum Gasteiger partial charge on any atom is 0.277 e. The molecule has 1 heterocycles. The van der Waals surface area contributed by atoms with Gasteiger partial charge in [0.25, 0.3) is 5.91 Å². The van der Waals surface area contributed by atoms with Gasteiger partial charge in [0, 0.05) is 6.20 Å². The molecule has 1 aromatic carbocycles. The Hall–Kier alpha value is -2.48. The van der Waals surface area contributed by atoms with Gasteiger partial charge in [-0.2, -0.15) is 0 Å². The number of hydrogen-bond acceptors (Lipinski definition) is 4. The predicted octanol–water partition coefficient (Wildman–Crippen LogP) is 1.66. The van der Waals surface area contributed by atoms with Gasteiger partial charge < -0.3 is 5.32 Å². The van der Waals surface area contributed by atoms with Gasteiger partial charge in [-0.05, 0) is 44.0 Å². The molecule has 2 N–H and O–H groups in total. The van der Waals surface area contributed by atoms with Crippen LogP contribution in [0, 0.1) is 25.5 Å². The molecular weight excluding hydrogens is 315 g/mol. The topological polar surface area (TPSA) is 63.2 Å². The van der Waals surface area contributed by atoms with Crippen molar-refractivity contribution >= 4 is 30.7 Å². The first kappa shape index (κ1) is 17.9. The van der Waals surface area contributed by atoms with Gasteiger partial charge in [-0.1, -0.05) is 5.46 Å². The fourth-order valence-electron chi connectivity index (χ4n) is 2.13. The van der Waals surface area contributed by atoms with E-state index in [4.69, 9.17) is 4.84 Å².